The van der Waals surface area contributed by atoms with E-state index in [9.17, 15) is 0 Å². The highest BCUT2D eigenvalue weighted by molar-refractivity contribution is 5.84. The fourth-order valence-electron chi connectivity index (χ4n) is 9.17. The largest absolute Gasteiger partial charge is 0.0819 e. The summed E-state index contributed by atoms with van der Waals surface area (Å²) in [5.41, 5.74) is 14.9. The molecule has 4 atom stereocenters. The van der Waals surface area contributed by atoms with Crippen LogP contribution in [0.15, 0.2) is 90.6 Å². The van der Waals surface area contributed by atoms with Gasteiger partial charge in [0.05, 0.1) is 0 Å². The maximum atomic E-state index is 2.64. The SMILES string of the molecule is CC(C)CC1C=C(C(C)C)CC(c2ccc3c(c2)C(C)(C)c2cc(-c4ccc5c(c4)C(C)(C)C4C=CC=CC54)ccc2-3)C1. The number of allylic oxidation sites excluding steroid dienone is 6. The molecule has 0 aliphatic heterocycles. The van der Waals surface area contributed by atoms with Crippen LogP contribution in [0.3, 0.4) is 0 Å². The molecule has 0 heterocycles. The maximum absolute atomic E-state index is 2.64. The van der Waals surface area contributed by atoms with Crippen LogP contribution in [-0.4, -0.2) is 0 Å². The van der Waals surface area contributed by atoms with Crippen molar-refractivity contribution in [2.75, 3.05) is 0 Å². The van der Waals surface area contributed by atoms with Crippen molar-refractivity contribution in [1.82, 2.24) is 0 Å². The van der Waals surface area contributed by atoms with E-state index >= 15 is 0 Å². The normalized spacial score (nSPS) is 25.9. The Morgan fingerprint density at radius 3 is 2.12 bits per heavy atom. The second-order valence-electron chi connectivity index (χ2n) is 16.0. The van der Waals surface area contributed by atoms with Gasteiger partial charge < -0.3 is 0 Å². The van der Waals surface area contributed by atoms with Gasteiger partial charge in [-0.05, 0) is 110 Å². The molecule has 0 aromatic heterocycles. The average Bonchev–Trinajstić information content (AvgIpc) is 3.35. The van der Waals surface area contributed by atoms with Crippen molar-refractivity contribution in [3.8, 4) is 22.3 Å². The number of rotatable bonds is 5. The first kappa shape index (κ1) is 28.6. The van der Waals surface area contributed by atoms with Gasteiger partial charge in [-0.3, -0.25) is 0 Å². The minimum absolute atomic E-state index is 0.0140. The molecule has 0 saturated heterocycles. The van der Waals surface area contributed by atoms with Gasteiger partial charge in [0, 0.05) is 11.3 Å². The van der Waals surface area contributed by atoms with Gasteiger partial charge in [-0.2, -0.15) is 0 Å². The Morgan fingerprint density at radius 1 is 0.744 bits per heavy atom. The lowest BCUT2D eigenvalue weighted by molar-refractivity contribution is 0.386. The molecule has 0 spiro atoms. The Bertz CT molecular complexity index is 1670. The zero-order valence-corrected chi connectivity index (χ0v) is 27.7. The fourth-order valence-corrected chi connectivity index (χ4v) is 9.17. The zero-order chi connectivity index (χ0) is 30.3. The molecule has 0 nitrogen and oxygen atoms in total. The highest BCUT2D eigenvalue weighted by atomic mass is 14.5. The van der Waals surface area contributed by atoms with Gasteiger partial charge in [0.25, 0.3) is 0 Å². The van der Waals surface area contributed by atoms with E-state index in [1.807, 2.05) is 0 Å². The molecule has 0 N–H and O–H groups in total. The first-order valence-electron chi connectivity index (χ1n) is 16.9. The summed E-state index contributed by atoms with van der Waals surface area (Å²) in [6.45, 7) is 19.3. The second kappa shape index (κ2) is 10.2. The van der Waals surface area contributed by atoms with E-state index in [1.165, 1.54) is 63.8 Å². The van der Waals surface area contributed by atoms with Crippen molar-refractivity contribution in [3.05, 3.63) is 118 Å². The van der Waals surface area contributed by atoms with Gasteiger partial charge in [0.1, 0.15) is 0 Å². The van der Waals surface area contributed by atoms with E-state index in [1.54, 1.807) is 11.1 Å². The van der Waals surface area contributed by atoms with Gasteiger partial charge >= 0.3 is 0 Å². The molecule has 3 aromatic carbocycles. The molecule has 0 radical (unpaired) electrons. The molecule has 0 fully saturated rings. The van der Waals surface area contributed by atoms with Gasteiger partial charge in [-0.25, -0.2) is 0 Å². The molecule has 4 unspecified atom stereocenters. The topological polar surface area (TPSA) is 0 Å². The minimum atomic E-state index is -0.0140. The Labute approximate surface area is 261 Å². The zero-order valence-electron chi connectivity index (χ0n) is 27.7. The lowest BCUT2D eigenvalue weighted by Crippen LogP contribution is -2.24. The quantitative estimate of drug-likeness (QED) is 0.269. The third kappa shape index (κ3) is 4.63. The van der Waals surface area contributed by atoms with Gasteiger partial charge in [-0.15, -0.1) is 0 Å². The number of fused-ring (bicyclic) bond motifs is 6. The molecule has 0 saturated carbocycles. The highest BCUT2D eigenvalue weighted by Crippen LogP contribution is 2.55. The summed E-state index contributed by atoms with van der Waals surface area (Å²) in [7, 11) is 0. The van der Waals surface area contributed by atoms with E-state index in [-0.39, 0.29) is 10.8 Å². The van der Waals surface area contributed by atoms with Crippen LogP contribution < -0.4 is 0 Å². The summed E-state index contributed by atoms with van der Waals surface area (Å²) in [4.78, 5) is 0. The maximum Gasteiger partial charge on any atom is 0.0159 e. The van der Waals surface area contributed by atoms with Crippen molar-refractivity contribution < 1.29 is 0 Å². The molecule has 0 bridgehead atoms. The highest BCUT2D eigenvalue weighted by Gasteiger charge is 2.44. The molecule has 0 heteroatoms. The molecular weight excluding hydrogens is 516 g/mol. The molecule has 43 heavy (non-hydrogen) atoms. The predicted octanol–water partition coefficient (Wildman–Crippen LogP) is 11.9. The van der Waals surface area contributed by atoms with E-state index in [2.05, 4.69) is 140 Å². The monoisotopic (exact) mass is 566 g/mol. The summed E-state index contributed by atoms with van der Waals surface area (Å²) in [6, 6.07) is 22.1. The third-order valence-corrected chi connectivity index (χ3v) is 11.6. The molecule has 0 amide bonds. The Hall–Kier alpha value is -3.12. The van der Waals surface area contributed by atoms with E-state index < -0.39 is 0 Å². The van der Waals surface area contributed by atoms with Crippen LogP contribution in [0.1, 0.15) is 114 Å². The molecule has 7 rings (SSSR count). The summed E-state index contributed by atoms with van der Waals surface area (Å²) in [5.74, 6) is 3.74. The molecule has 4 aliphatic rings. The average molecular weight is 567 g/mol. The Balaban J connectivity index is 1.22. The lowest BCUT2D eigenvalue weighted by atomic mass is 9.73. The summed E-state index contributed by atoms with van der Waals surface area (Å²) >= 11 is 0. The van der Waals surface area contributed by atoms with Crippen molar-refractivity contribution >= 4 is 0 Å². The number of hydrogen-bond donors (Lipinski definition) is 0. The fraction of sp³-hybridized carbons (Fsp3) is 0.442. The van der Waals surface area contributed by atoms with Crippen molar-refractivity contribution in [2.45, 2.75) is 97.3 Å². The lowest BCUT2D eigenvalue weighted by Gasteiger charge is -2.32. The molecule has 3 aromatic rings. The Morgan fingerprint density at radius 2 is 1.40 bits per heavy atom. The minimum Gasteiger partial charge on any atom is -0.0819 e. The standard InChI is InChI=1S/C43H50/c1-26(2)19-28-20-32(27(3)4)22-33(21-28)31-15-18-37-36-17-14-30(24-40(36)43(7,8)41(37)25-31)29-13-16-35-34-11-9-10-12-38(34)42(5,6)39(35)23-29/h9-18,20,23-28,33-34,38H,19,21-22H2,1-8H3. The van der Waals surface area contributed by atoms with Crippen LogP contribution in [0.2, 0.25) is 0 Å². The van der Waals surface area contributed by atoms with Crippen LogP contribution in [-0.2, 0) is 10.8 Å². The number of hydrogen-bond acceptors (Lipinski definition) is 0. The van der Waals surface area contributed by atoms with Gasteiger partial charge in [0.2, 0.25) is 0 Å². The van der Waals surface area contributed by atoms with E-state index in [0.717, 1.165) is 5.92 Å². The number of benzene rings is 3. The predicted molar refractivity (Wildman–Crippen MR) is 185 cm³/mol. The van der Waals surface area contributed by atoms with Crippen molar-refractivity contribution in [3.63, 3.8) is 0 Å². The van der Waals surface area contributed by atoms with Crippen LogP contribution in [0, 0.1) is 23.7 Å². The molecule has 222 valence electrons. The first-order valence-corrected chi connectivity index (χ1v) is 16.9. The Kier molecular flexibility index (Phi) is 6.81. The van der Waals surface area contributed by atoms with Crippen LogP contribution >= 0.6 is 0 Å². The van der Waals surface area contributed by atoms with Crippen LogP contribution in [0.5, 0.6) is 0 Å². The van der Waals surface area contributed by atoms with Gasteiger partial charge in [0.15, 0.2) is 0 Å². The van der Waals surface area contributed by atoms with Crippen molar-refractivity contribution in [2.24, 2.45) is 23.7 Å². The summed E-state index contributed by atoms with van der Waals surface area (Å²) in [6.07, 6.45) is 15.7. The van der Waals surface area contributed by atoms with E-state index in [0.29, 0.717) is 29.6 Å². The molecule has 4 aliphatic carbocycles. The third-order valence-electron chi connectivity index (χ3n) is 11.6. The van der Waals surface area contributed by atoms with Crippen LogP contribution in [0.25, 0.3) is 22.3 Å². The first-order chi connectivity index (χ1) is 20.4. The van der Waals surface area contributed by atoms with Gasteiger partial charge in [-0.1, -0.05) is 140 Å². The summed E-state index contributed by atoms with van der Waals surface area (Å²) < 4.78 is 0. The summed E-state index contributed by atoms with van der Waals surface area (Å²) in [5, 5.41) is 0. The van der Waals surface area contributed by atoms with E-state index in [4.69, 9.17) is 0 Å². The smallest absolute Gasteiger partial charge is 0.0159 e. The van der Waals surface area contributed by atoms with Crippen molar-refractivity contribution in [1.29, 1.82) is 0 Å². The second-order valence-corrected chi connectivity index (χ2v) is 16.0. The van der Waals surface area contributed by atoms with Crippen LogP contribution in [0.4, 0.5) is 0 Å². The molecular formula is C43H50.